The highest BCUT2D eigenvalue weighted by Crippen LogP contribution is 2.40. The molecule has 4 rings (SSSR count). The van der Waals surface area contributed by atoms with Crippen molar-refractivity contribution in [3.8, 4) is 11.5 Å². The van der Waals surface area contributed by atoms with Gasteiger partial charge in [-0.15, -0.1) is 11.3 Å². The van der Waals surface area contributed by atoms with Crippen LogP contribution in [0.25, 0.3) is 0 Å². The highest BCUT2D eigenvalue weighted by molar-refractivity contribution is 7.12. The molecule has 2 aromatic carbocycles. The number of amides is 1. The van der Waals surface area contributed by atoms with Gasteiger partial charge >= 0.3 is 0 Å². The van der Waals surface area contributed by atoms with E-state index in [-0.39, 0.29) is 11.4 Å². The van der Waals surface area contributed by atoms with Crippen LogP contribution in [-0.2, 0) is 11.2 Å². The fourth-order valence-electron chi connectivity index (χ4n) is 4.35. The molecule has 0 radical (unpaired) electrons. The van der Waals surface area contributed by atoms with E-state index in [4.69, 9.17) is 9.47 Å². The number of hydrogen-bond acceptors (Lipinski definition) is 6. The summed E-state index contributed by atoms with van der Waals surface area (Å²) in [6.45, 7) is 4.54. The highest BCUT2D eigenvalue weighted by Gasteiger charge is 2.43. The maximum Gasteiger partial charge on any atom is 0.290 e. The van der Waals surface area contributed by atoms with E-state index in [0.29, 0.717) is 35.3 Å². The summed E-state index contributed by atoms with van der Waals surface area (Å²) in [6, 6.07) is 16.3. The molecule has 6 nitrogen and oxygen atoms in total. The molecule has 1 N–H and O–H groups in total. The Labute approximate surface area is 209 Å². The highest BCUT2D eigenvalue weighted by atomic mass is 32.1. The summed E-state index contributed by atoms with van der Waals surface area (Å²) in [6.07, 6.45) is 0.514. The molecule has 35 heavy (non-hydrogen) atoms. The molecular formula is C28H29NO5S. The Balaban J connectivity index is 1.68. The average molecular weight is 492 g/mol. The predicted octanol–water partition coefficient (Wildman–Crippen LogP) is 5.71. The minimum absolute atomic E-state index is 0.127. The Morgan fingerprint density at radius 1 is 1.06 bits per heavy atom. The molecule has 0 spiro atoms. The Morgan fingerprint density at radius 2 is 1.77 bits per heavy atom. The van der Waals surface area contributed by atoms with E-state index in [9.17, 15) is 14.7 Å². The van der Waals surface area contributed by atoms with Crippen molar-refractivity contribution in [1.29, 1.82) is 0 Å². The van der Waals surface area contributed by atoms with Gasteiger partial charge in [0.25, 0.3) is 5.91 Å². The molecule has 2 heterocycles. The van der Waals surface area contributed by atoms with Crippen LogP contribution < -0.4 is 9.47 Å². The number of methoxy groups -OCH3 is 2. The van der Waals surface area contributed by atoms with E-state index in [1.54, 1.807) is 31.3 Å². The molecule has 7 heteroatoms. The predicted molar refractivity (Wildman–Crippen MR) is 137 cm³/mol. The maximum absolute atomic E-state index is 13.4. The number of benzene rings is 2. The largest absolute Gasteiger partial charge is 0.503 e. The van der Waals surface area contributed by atoms with Gasteiger partial charge in [-0.05, 0) is 52.6 Å². The zero-order chi connectivity index (χ0) is 25.1. The average Bonchev–Trinajstić information content (AvgIpc) is 3.50. The first-order valence-electron chi connectivity index (χ1n) is 11.5. The number of nitrogens with zero attached hydrogens (tertiary/aromatic N) is 1. The van der Waals surface area contributed by atoms with Crippen LogP contribution in [0.2, 0.25) is 0 Å². The van der Waals surface area contributed by atoms with Gasteiger partial charge in [-0.1, -0.05) is 50.2 Å². The molecule has 0 saturated carbocycles. The number of aliphatic hydroxyl groups is 1. The fourth-order valence-corrected chi connectivity index (χ4v) is 5.03. The van der Waals surface area contributed by atoms with E-state index in [1.807, 2.05) is 47.8 Å². The lowest BCUT2D eigenvalue weighted by Gasteiger charge is -2.27. The normalized spacial score (nSPS) is 15.7. The van der Waals surface area contributed by atoms with Crippen LogP contribution in [-0.4, -0.2) is 42.5 Å². The van der Waals surface area contributed by atoms with Crippen molar-refractivity contribution in [2.24, 2.45) is 0 Å². The molecule has 0 saturated heterocycles. The molecule has 0 fully saturated rings. The van der Waals surface area contributed by atoms with Crippen molar-refractivity contribution in [2.45, 2.75) is 32.2 Å². The van der Waals surface area contributed by atoms with Gasteiger partial charge < -0.3 is 19.5 Å². The summed E-state index contributed by atoms with van der Waals surface area (Å²) in [5.74, 6) is 0.244. The number of rotatable bonds is 9. The summed E-state index contributed by atoms with van der Waals surface area (Å²) in [5, 5.41) is 12.7. The third kappa shape index (κ3) is 4.82. The molecule has 0 unspecified atom stereocenters. The van der Waals surface area contributed by atoms with Crippen LogP contribution in [0.3, 0.4) is 0 Å². The van der Waals surface area contributed by atoms with Crippen LogP contribution in [0.1, 0.15) is 52.2 Å². The first-order valence-corrected chi connectivity index (χ1v) is 12.4. The van der Waals surface area contributed by atoms with Crippen LogP contribution in [0, 0.1) is 0 Å². The lowest BCUT2D eigenvalue weighted by Crippen LogP contribution is -2.33. The number of ether oxygens (including phenoxy) is 2. The van der Waals surface area contributed by atoms with Crippen molar-refractivity contribution in [3.05, 3.63) is 92.9 Å². The number of Topliss-reactive ketones (excluding diaryl/α,β-unsaturated/α-hetero) is 1. The summed E-state index contributed by atoms with van der Waals surface area (Å²) in [7, 11) is 3.16. The fraction of sp³-hybridized carbons (Fsp3) is 0.286. The monoisotopic (exact) mass is 491 g/mol. The zero-order valence-electron chi connectivity index (χ0n) is 20.3. The van der Waals surface area contributed by atoms with Gasteiger partial charge in [0.15, 0.2) is 17.3 Å². The minimum Gasteiger partial charge on any atom is -0.503 e. The van der Waals surface area contributed by atoms with E-state index in [2.05, 4.69) is 13.8 Å². The minimum atomic E-state index is -0.668. The topological polar surface area (TPSA) is 76.1 Å². The van der Waals surface area contributed by atoms with Crippen LogP contribution in [0.4, 0.5) is 0 Å². The zero-order valence-corrected chi connectivity index (χ0v) is 21.1. The summed E-state index contributed by atoms with van der Waals surface area (Å²) in [5.41, 5.74) is 3.03. The number of thiophene rings is 1. The summed E-state index contributed by atoms with van der Waals surface area (Å²) >= 11 is 1.29. The van der Waals surface area contributed by atoms with Gasteiger partial charge in [0, 0.05) is 6.54 Å². The molecule has 1 aliphatic rings. The van der Waals surface area contributed by atoms with Crippen LogP contribution >= 0.6 is 11.3 Å². The van der Waals surface area contributed by atoms with Crippen molar-refractivity contribution in [1.82, 2.24) is 4.90 Å². The molecule has 0 aliphatic carbocycles. The van der Waals surface area contributed by atoms with Gasteiger partial charge in [-0.3, -0.25) is 9.59 Å². The van der Waals surface area contributed by atoms with E-state index in [0.717, 1.165) is 16.7 Å². The number of hydrogen-bond donors (Lipinski definition) is 1. The Hall–Kier alpha value is -3.58. The number of carbonyl (C=O) groups excluding carboxylic acids is 2. The van der Waals surface area contributed by atoms with Gasteiger partial charge in [0.2, 0.25) is 5.78 Å². The molecule has 1 atom stereocenters. The Bertz CT molecular complexity index is 1240. The Kier molecular flexibility index (Phi) is 7.26. The molecule has 3 aromatic rings. The Morgan fingerprint density at radius 3 is 2.37 bits per heavy atom. The quantitative estimate of drug-likeness (QED) is 0.388. The van der Waals surface area contributed by atoms with Crippen molar-refractivity contribution < 1.29 is 24.2 Å². The smallest absolute Gasteiger partial charge is 0.290 e. The first kappa shape index (κ1) is 24.5. The SMILES string of the molecule is COc1ccc(CCN2C(=O)C(O)=C(C(=O)c3cccs3)[C@@H]2c2ccc(C(C)C)cc2)cc1OC. The third-order valence-electron chi connectivity index (χ3n) is 6.30. The molecular weight excluding hydrogens is 462 g/mol. The van der Waals surface area contributed by atoms with Crippen LogP contribution in [0.5, 0.6) is 11.5 Å². The molecule has 1 aliphatic heterocycles. The standard InChI is InChI=1S/C28H29NO5S/c1-17(2)19-8-10-20(11-9-19)25-24(26(30)23-6-5-15-35-23)27(31)28(32)29(25)14-13-18-7-12-21(33-3)22(16-18)34-4/h5-12,15-17,25,31H,13-14H2,1-4H3/t25-/m0/s1. The van der Waals surface area contributed by atoms with Gasteiger partial charge in [0.1, 0.15) is 0 Å². The molecule has 0 bridgehead atoms. The lowest BCUT2D eigenvalue weighted by molar-refractivity contribution is -0.129. The van der Waals surface area contributed by atoms with Crippen molar-refractivity contribution >= 4 is 23.0 Å². The maximum atomic E-state index is 13.4. The summed E-state index contributed by atoms with van der Waals surface area (Å²) < 4.78 is 10.7. The van der Waals surface area contributed by atoms with Gasteiger partial charge in [0.05, 0.1) is 30.7 Å². The molecule has 182 valence electrons. The van der Waals surface area contributed by atoms with Gasteiger partial charge in [-0.2, -0.15) is 0 Å². The second kappa shape index (κ2) is 10.4. The van der Waals surface area contributed by atoms with E-state index >= 15 is 0 Å². The van der Waals surface area contributed by atoms with Crippen molar-refractivity contribution in [3.63, 3.8) is 0 Å². The van der Waals surface area contributed by atoms with E-state index < -0.39 is 17.7 Å². The van der Waals surface area contributed by atoms with E-state index in [1.165, 1.54) is 11.3 Å². The number of ketones is 1. The second-order valence-corrected chi connectivity index (χ2v) is 9.68. The van der Waals surface area contributed by atoms with Gasteiger partial charge in [-0.25, -0.2) is 0 Å². The third-order valence-corrected chi connectivity index (χ3v) is 7.17. The van der Waals surface area contributed by atoms with Crippen LogP contribution in [0.15, 0.2) is 71.3 Å². The van der Waals surface area contributed by atoms with Crippen molar-refractivity contribution in [2.75, 3.05) is 20.8 Å². The first-order chi connectivity index (χ1) is 16.8. The number of aliphatic hydroxyl groups excluding tert-OH is 1. The molecule has 1 amide bonds. The summed E-state index contributed by atoms with van der Waals surface area (Å²) in [4.78, 5) is 28.7. The number of carbonyl (C=O) groups is 2. The lowest BCUT2D eigenvalue weighted by atomic mass is 9.93. The molecule has 1 aromatic heterocycles. The second-order valence-electron chi connectivity index (χ2n) is 8.73.